The molecule has 1 saturated heterocycles. The van der Waals surface area contributed by atoms with E-state index in [0.717, 1.165) is 16.8 Å². The fourth-order valence-corrected chi connectivity index (χ4v) is 5.49. The summed E-state index contributed by atoms with van der Waals surface area (Å²) in [7, 11) is 0. The smallest absolute Gasteiger partial charge is 0.407 e. The SMILES string of the molecule is CCOC(=O)c1cn2c3c(c(N4CCC(NC(=O)OC(C)(C)C)C4)c(F)cc3c1=O)Oc1cc3ccccc3cc1-2. The van der Waals surface area contributed by atoms with Crippen molar-refractivity contribution in [3.8, 4) is 17.2 Å². The number of ether oxygens (including phenoxy) is 3. The Morgan fingerprint density at radius 1 is 1.15 bits per heavy atom. The summed E-state index contributed by atoms with van der Waals surface area (Å²) in [6, 6.07) is 12.4. The van der Waals surface area contributed by atoms with Crippen molar-refractivity contribution in [3.05, 3.63) is 70.3 Å². The molecule has 1 N–H and O–H groups in total. The van der Waals surface area contributed by atoms with Crippen LogP contribution in [-0.4, -0.2) is 48.0 Å². The van der Waals surface area contributed by atoms with Crippen molar-refractivity contribution in [2.24, 2.45) is 0 Å². The summed E-state index contributed by atoms with van der Waals surface area (Å²) in [5.74, 6) is -0.823. The summed E-state index contributed by atoms with van der Waals surface area (Å²) >= 11 is 0. The van der Waals surface area contributed by atoms with Gasteiger partial charge in [0.25, 0.3) is 0 Å². The highest BCUT2D eigenvalue weighted by Crippen LogP contribution is 2.48. The number of rotatable bonds is 4. The number of aromatic nitrogens is 1. The Labute approximate surface area is 235 Å². The number of benzene rings is 3. The van der Waals surface area contributed by atoms with Crippen LogP contribution in [0.1, 0.15) is 44.5 Å². The Kier molecular flexibility index (Phi) is 6.36. The molecular weight excluding hydrogens is 529 g/mol. The number of amides is 1. The van der Waals surface area contributed by atoms with E-state index in [1.165, 1.54) is 6.20 Å². The molecule has 0 bridgehead atoms. The van der Waals surface area contributed by atoms with Gasteiger partial charge in [-0.15, -0.1) is 0 Å². The first-order valence-electron chi connectivity index (χ1n) is 13.6. The molecule has 3 heterocycles. The van der Waals surface area contributed by atoms with E-state index in [1.54, 1.807) is 37.2 Å². The largest absolute Gasteiger partial charge is 0.462 e. The number of halogens is 1. The van der Waals surface area contributed by atoms with Crippen molar-refractivity contribution in [1.29, 1.82) is 0 Å². The first-order chi connectivity index (χ1) is 19.5. The fourth-order valence-electron chi connectivity index (χ4n) is 5.49. The molecule has 6 rings (SSSR count). The zero-order valence-electron chi connectivity index (χ0n) is 23.2. The summed E-state index contributed by atoms with van der Waals surface area (Å²) in [4.78, 5) is 40.4. The van der Waals surface area contributed by atoms with E-state index in [1.807, 2.05) is 36.4 Å². The van der Waals surface area contributed by atoms with E-state index in [2.05, 4.69) is 5.32 Å². The highest BCUT2D eigenvalue weighted by molar-refractivity contribution is 6.00. The molecular formula is C31H30FN3O6. The van der Waals surface area contributed by atoms with Crippen LogP contribution in [0.25, 0.3) is 27.4 Å². The number of alkyl carbamates (subject to hydrolysis) is 1. The second kappa shape index (κ2) is 9.79. The van der Waals surface area contributed by atoms with Crippen molar-refractivity contribution in [2.75, 3.05) is 24.6 Å². The van der Waals surface area contributed by atoms with Crippen LogP contribution < -0.4 is 20.4 Å². The Morgan fingerprint density at radius 2 is 1.88 bits per heavy atom. The minimum atomic E-state index is -0.779. The molecule has 2 aliphatic rings. The summed E-state index contributed by atoms with van der Waals surface area (Å²) in [6.45, 7) is 7.85. The summed E-state index contributed by atoms with van der Waals surface area (Å²) in [6.07, 6.45) is 1.47. The molecule has 0 aliphatic carbocycles. The number of hydrogen-bond acceptors (Lipinski definition) is 7. The van der Waals surface area contributed by atoms with Crippen LogP contribution in [0.3, 0.4) is 0 Å². The number of carbonyl (C=O) groups excluding carboxylic acids is 2. The lowest BCUT2D eigenvalue weighted by Crippen LogP contribution is -2.40. The van der Waals surface area contributed by atoms with Crippen molar-refractivity contribution in [1.82, 2.24) is 9.88 Å². The lowest BCUT2D eigenvalue weighted by Gasteiger charge is -2.29. The summed E-state index contributed by atoms with van der Waals surface area (Å²) < 4.78 is 34.6. The third-order valence-electron chi connectivity index (χ3n) is 7.19. The van der Waals surface area contributed by atoms with Gasteiger partial charge in [-0.25, -0.2) is 14.0 Å². The Hall–Kier alpha value is -4.60. The summed E-state index contributed by atoms with van der Waals surface area (Å²) in [5, 5.41) is 4.71. The first kappa shape index (κ1) is 26.6. The van der Waals surface area contributed by atoms with E-state index in [0.29, 0.717) is 36.5 Å². The minimum Gasteiger partial charge on any atom is -0.462 e. The predicted molar refractivity (Wildman–Crippen MR) is 153 cm³/mol. The van der Waals surface area contributed by atoms with Crippen LogP contribution in [0.5, 0.6) is 11.5 Å². The first-order valence-corrected chi connectivity index (χ1v) is 13.6. The molecule has 1 fully saturated rings. The van der Waals surface area contributed by atoms with Gasteiger partial charge in [0.05, 0.1) is 23.7 Å². The van der Waals surface area contributed by atoms with Gasteiger partial charge in [-0.3, -0.25) is 4.79 Å². The van der Waals surface area contributed by atoms with Crippen LogP contribution in [-0.2, 0) is 9.47 Å². The van der Waals surface area contributed by atoms with Crippen LogP contribution in [0.2, 0.25) is 0 Å². The molecule has 9 nitrogen and oxygen atoms in total. The molecule has 41 heavy (non-hydrogen) atoms. The molecule has 0 radical (unpaired) electrons. The number of hydrogen-bond donors (Lipinski definition) is 1. The number of pyridine rings is 1. The molecule has 0 saturated carbocycles. The van der Waals surface area contributed by atoms with E-state index in [9.17, 15) is 14.4 Å². The second-order valence-electron chi connectivity index (χ2n) is 11.2. The maximum Gasteiger partial charge on any atom is 0.407 e. The van der Waals surface area contributed by atoms with Gasteiger partial charge in [0.1, 0.15) is 22.4 Å². The van der Waals surface area contributed by atoms with E-state index in [-0.39, 0.29) is 35.0 Å². The summed E-state index contributed by atoms with van der Waals surface area (Å²) in [5.41, 5.74) is -0.335. The van der Waals surface area contributed by atoms with Gasteiger partial charge in [-0.2, -0.15) is 0 Å². The van der Waals surface area contributed by atoms with Crippen LogP contribution in [0, 0.1) is 5.82 Å². The number of esters is 1. The zero-order valence-corrected chi connectivity index (χ0v) is 23.2. The third kappa shape index (κ3) is 4.73. The van der Waals surface area contributed by atoms with Crippen molar-refractivity contribution < 1.29 is 28.2 Å². The number of carbonyl (C=O) groups is 2. The molecule has 1 aromatic heterocycles. The zero-order chi connectivity index (χ0) is 29.1. The maximum absolute atomic E-state index is 16.0. The predicted octanol–water partition coefficient (Wildman–Crippen LogP) is 5.67. The van der Waals surface area contributed by atoms with E-state index >= 15 is 4.39 Å². The average Bonchev–Trinajstić information content (AvgIpc) is 3.35. The number of nitrogens with zero attached hydrogens (tertiary/aromatic N) is 2. The quantitative estimate of drug-likeness (QED) is 0.283. The van der Waals surface area contributed by atoms with Gasteiger partial charge >= 0.3 is 12.1 Å². The molecule has 0 spiro atoms. The number of fused-ring (bicyclic) bond motifs is 3. The molecule has 1 amide bonds. The van der Waals surface area contributed by atoms with Gasteiger partial charge in [-0.1, -0.05) is 24.3 Å². The Balaban J connectivity index is 1.50. The number of anilines is 1. The van der Waals surface area contributed by atoms with Crippen LogP contribution >= 0.6 is 0 Å². The molecule has 4 aromatic rings. The van der Waals surface area contributed by atoms with Gasteiger partial charge in [-0.05, 0) is 63.1 Å². The molecule has 212 valence electrons. The van der Waals surface area contributed by atoms with Crippen LogP contribution in [0.15, 0.2) is 53.5 Å². The van der Waals surface area contributed by atoms with Crippen LogP contribution in [0.4, 0.5) is 14.9 Å². The van der Waals surface area contributed by atoms with Gasteiger partial charge < -0.3 is 29.0 Å². The van der Waals surface area contributed by atoms with Crippen molar-refractivity contribution >= 4 is 39.4 Å². The Bertz CT molecular complexity index is 1790. The van der Waals surface area contributed by atoms with Crippen molar-refractivity contribution in [3.63, 3.8) is 0 Å². The monoisotopic (exact) mass is 559 g/mol. The average molecular weight is 560 g/mol. The molecule has 3 aromatic carbocycles. The highest BCUT2D eigenvalue weighted by atomic mass is 19.1. The topological polar surface area (TPSA) is 99.1 Å². The lowest BCUT2D eigenvalue weighted by molar-refractivity contribution is 0.0503. The molecule has 1 atom stereocenters. The molecule has 10 heteroatoms. The van der Waals surface area contributed by atoms with E-state index in [4.69, 9.17) is 14.2 Å². The van der Waals surface area contributed by atoms with Gasteiger partial charge in [0, 0.05) is 19.3 Å². The van der Waals surface area contributed by atoms with Gasteiger partial charge in [0.2, 0.25) is 5.43 Å². The van der Waals surface area contributed by atoms with Gasteiger partial charge in [0.15, 0.2) is 17.3 Å². The standard InChI is InChI=1S/C31H30FN3O6/c1-5-39-29(37)21-16-35-23-12-17-8-6-7-9-18(17)13-24(23)40-28-25(35)20(27(21)36)14-22(32)26(28)34-11-10-19(15-34)33-30(38)41-31(2,3)4/h6-9,12-14,16,19H,5,10-11,15H2,1-4H3,(H,33,38). The van der Waals surface area contributed by atoms with E-state index < -0.39 is 28.9 Å². The van der Waals surface area contributed by atoms with Crippen molar-refractivity contribution in [2.45, 2.75) is 45.8 Å². The molecule has 1 unspecified atom stereocenters. The molecule has 2 aliphatic heterocycles. The third-order valence-corrected chi connectivity index (χ3v) is 7.19. The normalized spacial score (nSPS) is 15.9. The highest BCUT2D eigenvalue weighted by Gasteiger charge is 2.34. The fraction of sp³-hybridized carbons (Fsp3) is 0.323. The second-order valence-corrected chi connectivity index (χ2v) is 11.2. The maximum atomic E-state index is 16.0. The Morgan fingerprint density at radius 3 is 2.59 bits per heavy atom. The minimum absolute atomic E-state index is 0.00763. The number of nitrogens with one attached hydrogen (secondary N) is 1. The lowest BCUT2D eigenvalue weighted by atomic mass is 10.0.